The Morgan fingerprint density at radius 3 is 2.36 bits per heavy atom. The molecule has 0 saturated carbocycles. The predicted octanol–water partition coefficient (Wildman–Crippen LogP) is 2.97. The van der Waals surface area contributed by atoms with Gasteiger partial charge >= 0.3 is 6.03 Å². The minimum Gasteiger partial charge on any atom is -0.492 e. The Kier molecular flexibility index (Phi) is 7.70. The summed E-state index contributed by atoms with van der Waals surface area (Å²) in [5.74, 6) is -0.987. The van der Waals surface area contributed by atoms with Gasteiger partial charge in [-0.05, 0) is 30.3 Å². The lowest BCUT2D eigenvalue weighted by molar-refractivity contribution is 0.262. The van der Waals surface area contributed by atoms with Gasteiger partial charge in [0, 0.05) is 35.8 Å². The van der Waals surface area contributed by atoms with Crippen molar-refractivity contribution in [3.05, 3.63) is 54.1 Å². The maximum absolute atomic E-state index is 13.7. The van der Waals surface area contributed by atoms with Gasteiger partial charge in [-0.25, -0.2) is 22.0 Å². The summed E-state index contributed by atoms with van der Waals surface area (Å²) in [7, 11) is -3.12. The number of hydrogen-bond donors (Lipinski definition) is 3. The molecule has 0 aliphatic carbocycles. The number of halogens is 2. The fraction of sp³-hybridized carbons (Fsp3) is 0.278. The van der Waals surface area contributed by atoms with Gasteiger partial charge in [-0.2, -0.15) is 0 Å². The van der Waals surface area contributed by atoms with Gasteiger partial charge in [0.1, 0.15) is 24.0 Å². The average molecular weight is 413 g/mol. The number of urea groups is 1. The maximum atomic E-state index is 13.7. The topological polar surface area (TPSA) is 96.5 Å². The summed E-state index contributed by atoms with van der Waals surface area (Å²) in [6.07, 6.45) is 0. The highest BCUT2D eigenvalue weighted by atomic mass is 32.2. The van der Waals surface area contributed by atoms with Crippen molar-refractivity contribution in [1.29, 1.82) is 0 Å². The molecule has 0 saturated heterocycles. The van der Waals surface area contributed by atoms with E-state index in [0.717, 1.165) is 12.1 Å². The number of sulfone groups is 1. The molecule has 0 radical (unpaired) electrons. The molecule has 152 valence electrons. The Morgan fingerprint density at radius 2 is 1.68 bits per heavy atom. The highest BCUT2D eigenvalue weighted by Gasteiger charge is 2.08. The van der Waals surface area contributed by atoms with Gasteiger partial charge in [0.2, 0.25) is 0 Å². The van der Waals surface area contributed by atoms with Crippen molar-refractivity contribution in [2.45, 2.75) is 6.92 Å². The lowest BCUT2D eigenvalue weighted by Crippen LogP contribution is -2.28. The first kappa shape index (κ1) is 21.6. The van der Waals surface area contributed by atoms with Crippen molar-refractivity contribution in [2.24, 2.45) is 0 Å². The Hall–Kier alpha value is -2.72. The summed E-state index contributed by atoms with van der Waals surface area (Å²) in [6.45, 7) is 1.93. The highest BCUT2D eigenvalue weighted by Crippen LogP contribution is 2.20. The Labute approximate surface area is 162 Å². The molecule has 2 aromatic rings. The van der Waals surface area contributed by atoms with Crippen molar-refractivity contribution < 1.29 is 26.7 Å². The maximum Gasteiger partial charge on any atom is 0.323 e. The summed E-state index contributed by atoms with van der Waals surface area (Å²) < 4.78 is 54.7. The van der Waals surface area contributed by atoms with E-state index in [2.05, 4.69) is 16.0 Å². The van der Waals surface area contributed by atoms with Crippen LogP contribution in [-0.2, 0) is 9.84 Å². The summed E-state index contributed by atoms with van der Waals surface area (Å²) in [4.78, 5) is 12.0. The van der Waals surface area contributed by atoms with Gasteiger partial charge < -0.3 is 20.7 Å². The van der Waals surface area contributed by atoms with Crippen LogP contribution in [0.1, 0.15) is 6.92 Å². The molecule has 0 bridgehead atoms. The van der Waals surface area contributed by atoms with Gasteiger partial charge in [0.05, 0.1) is 5.88 Å². The quantitative estimate of drug-likeness (QED) is 0.549. The van der Waals surface area contributed by atoms with Crippen LogP contribution in [0.4, 0.5) is 25.0 Å². The molecular formula is C18H21F2N3O4S. The molecule has 0 spiro atoms. The van der Waals surface area contributed by atoms with E-state index in [1.54, 1.807) is 6.92 Å². The standard InChI is InChI=1S/C18H21F2N3O4S/c1-2-28(25,26)12-21-7-8-27-17-10-14(20)9-16(11-17)23-18(24)22-15-5-3-13(19)4-6-15/h3-6,9-11,21H,2,7-8,12H2,1H3,(H2,22,23,24). The summed E-state index contributed by atoms with van der Waals surface area (Å²) in [6, 6.07) is 8.23. The first-order chi connectivity index (χ1) is 13.3. The third-order valence-corrected chi connectivity index (χ3v) is 5.06. The molecule has 7 nitrogen and oxygen atoms in total. The number of hydrogen-bond acceptors (Lipinski definition) is 5. The van der Waals surface area contributed by atoms with E-state index in [1.165, 1.54) is 30.3 Å². The third-order valence-electron chi connectivity index (χ3n) is 3.54. The van der Waals surface area contributed by atoms with Crippen LogP contribution < -0.4 is 20.7 Å². The van der Waals surface area contributed by atoms with E-state index in [4.69, 9.17) is 4.74 Å². The van der Waals surface area contributed by atoms with E-state index >= 15 is 0 Å². The largest absolute Gasteiger partial charge is 0.492 e. The first-order valence-electron chi connectivity index (χ1n) is 8.45. The van der Waals surface area contributed by atoms with E-state index in [0.29, 0.717) is 5.69 Å². The molecule has 0 unspecified atom stereocenters. The Balaban J connectivity index is 1.86. The van der Waals surface area contributed by atoms with E-state index in [-0.39, 0.29) is 36.2 Å². The molecule has 3 N–H and O–H groups in total. The van der Waals surface area contributed by atoms with Crippen LogP contribution in [-0.4, -0.2) is 39.2 Å². The summed E-state index contributed by atoms with van der Waals surface area (Å²) in [5.41, 5.74) is 0.538. The number of nitrogens with one attached hydrogen (secondary N) is 3. The van der Waals surface area contributed by atoms with Gasteiger partial charge in [-0.1, -0.05) is 6.92 Å². The predicted molar refractivity (Wildman–Crippen MR) is 103 cm³/mol. The van der Waals surface area contributed by atoms with Crippen molar-refractivity contribution in [3.8, 4) is 5.75 Å². The van der Waals surface area contributed by atoms with E-state index < -0.39 is 27.5 Å². The molecule has 0 aliphatic heterocycles. The molecule has 0 fully saturated rings. The van der Waals surface area contributed by atoms with Crippen LogP contribution in [0.2, 0.25) is 0 Å². The van der Waals surface area contributed by atoms with Crippen molar-refractivity contribution in [2.75, 3.05) is 35.4 Å². The molecule has 2 aromatic carbocycles. The number of carbonyl (C=O) groups excluding carboxylic acids is 1. The summed E-state index contributed by atoms with van der Waals surface area (Å²) >= 11 is 0. The SMILES string of the molecule is CCS(=O)(=O)CNCCOc1cc(F)cc(NC(=O)Nc2ccc(F)cc2)c1. The second kappa shape index (κ2) is 10.00. The molecule has 2 amide bonds. The zero-order chi connectivity index (χ0) is 20.6. The number of anilines is 2. The van der Waals surface area contributed by atoms with Crippen molar-refractivity contribution >= 4 is 27.2 Å². The monoisotopic (exact) mass is 413 g/mol. The van der Waals surface area contributed by atoms with Crippen LogP contribution in [0, 0.1) is 11.6 Å². The van der Waals surface area contributed by atoms with Crippen LogP contribution in [0.25, 0.3) is 0 Å². The van der Waals surface area contributed by atoms with Crippen LogP contribution in [0.5, 0.6) is 5.75 Å². The Bertz CT molecular complexity index is 906. The minimum atomic E-state index is -3.12. The second-order valence-corrected chi connectivity index (χ2v) is 8.14. The molecule has 2 rings (SSSR count). The van der Waals surface area contributed by atoms with Crippen LogP contribution in [0.3, 0.4) is 0 Å². The van der Waals surface area contributed by atoms with Crippen molar-refractivity contribution in [1.82, 2.24) is 5.32 Å². The fourth-order valence-corrected chi connectivity index (χ4v) is 2.78. The molecule has 10 heteroatoms. The fourth-order valence-electron chi connectivity index (χ4n) is 2.12. The van der Waals surface area contributed by atoms with E-state index in [1.807, 2.05) is 0 Å². The van der Waals surface area contributed by atoms with Crippen molar-refractivity contribution in [3.63, 3.8) is 0 Å². The number of rotatable bonds is 9. The molecule has 0 atom stereocenters. The molecule has 0 aromatic heterocycles. The normalized spacial score (nSPS) is 11.1. The zero-order valence-electron chi connectivity index (χ0n) is 15.2. The van der Waals surface area contributed by atoms with Crippen LogP contribution in [0.15, 0.2) is 42.5 Å². The lowest BCUT2D eigenvalue weighted by Gasteiger charge is -2.11. The molecule has 0 aliphatic rings. The van der Waals surface area contributed by atoms with Crippen LogP contribution >= 0.6 is 0 Å². The average Bonchev–Trinajstić information content (AvgIpc) is 2.63. The van der Waals surface area contributed by atoms with Gasteiger partial charge in [0.15, 0.2) is 9.84 Å². The molecule has 28 heavy (non-hydrogen) atoms. The lowest BCUT2D eigenvalue weighted by atomic mass is 10.3. The first-order valence-corrected chi connectivity index (χ1v) is 10.3. The van der Waals surface area contributed by atoms with Gasteiger partial charge in [-0.3, -0.25) is 0 Å². The molecular weight excluding hydrogens is 392 g/mol. The van der Waals surface area contributed by atoms with E-state index in [9.17, 15) is 22.0 Å². The molecule has 0 heterocycles. The number of benzene rings is 2. The number of carbonyl (C=O) groups is 1. The Morgan fingerprint density at radius 1 is 1.00 bits per heavy atom. The van der Waals surface area contributed by atoms with Gasteiger partial charge in [0.25, 0.3) is 0 Å². The minimum absolute atomic E-state index is 0.0414. The second-order valence-electron chi connectivity index (χ2n) is 5.79. The highest BCUT2D eigenvalue weighted by molar-refractivity contribution is 7.91. The number of amides is 2. The zero-order valence-corrected chi connectivity index (χ0v) is 16.0. The third kappa shape index (κ3) is 7.49. The number of ether oxygens (including phenoxy) is 1. The smallest absolute Gasteiger partial charge is 0.323 e. The summed E-state index contributed by atoms with van der Waals surface area (Å²) in [5, 5.41) is 7.67. The van der Waals surface area contributed by atoms with Gasteiger partial charge in [-0.15, -0.1) is 0 Å².